The van der Waals surface area contributed by atoms with Crippen LogP contribution in [0.1, 0.15) is 31.9 Å². The van der Waals surface area contributed by atoms with Crippen molar-refractivity contribution in [3.8, 4) is 6.07 Å². The normalized spacial score (nSPS) is 11.1. The van der Waals surface area contributed by atoms with Gasteiger partial charge in [0.05, 0.1) is 0 Å². The minimum absolute atomic E-state index is 0.0842. The second-order valence-electron chi connectivity index (χ2n) is 5.38. The maximum atomic E-state index is 11.9. The van der Waals surface area contributed by atoms with E-state index in [-0.39, 0.29) is 11.5 Å². The summed E-state index contributed by atoms with van der Waals surface area (Å²) in [6, 6.07) is 7.98. The molecule has 112 valence electrons. The first-order valence-corrected chi connectivity index (χ1v) is 7.23. The number of benzene rings is 1. The molecule has 0 saturated heterocycles. The van der Waals surface area contributed by atoms with Crippen molar-refractivity contribution < 1.29 is 4.79 Å². The fourth-order valence-electron chi connectivity index (χ4n) is 1.91. The van der Waals surface area contributed by atoms with Gasteiger partial charge in [-0.2, -0.15) is 5.26 Å². The summed E-state index contributed by atoms with van der Waals surface area (Å²) in [7, 11) is 0. The van der Waals surface area contributed by atoms with E-state index in [1.165, 1.54) is 6.20 Å². The molecule has 0 aromatic heterocycles. The van der Waals surface area contributed by atoms with Crippen LogP contribution in [0.2, 0.25) is 0 Å². The van der Waals surface area contributed by atoms with Crippen molar-refractivity contribution in [2.75, 3.05) is 11.9 Å². The number of carbonyl (C=O) groups is 1. The Morgan fingerprint density at radius 3 is 2.71 bits per heavy atom. The Hall–Kier alpha value is -2.28. The molecule has 0 aliphatic heterocycles. The number of anilines is 1. The second kappa shape index (κ2) is 8.11. The quantitative estimate of drug-likeness (QED) is 0.623. The van der Waals surface area contributed by atoms with Gasteiger partial charge in [-0.3, -0.25) is 4.79 Å². The number of amides is 1. The van der Waals surface area contributed by atoms with Crippen LogP contribution in [-0.4, -0.2) is 12.5 Å². The molecule has 2 N–H and O–H groups in total. The van der Waals surface area contributed by atoms with Crippen LogP contribution in [0.3, 0.4) is 0 Å². The number of carbonyl (C=O) groups excluding carboxylic acids is 1. The Balaban J connectivity index is 2.87. The number of nitrogens with one attached hydrogen (secondary N) is 2. The van der Waals surface area contributed by atoms with E-state index in [4.69, 9.17) is 5.26 Å². The van der Waals surface area contributed by atoms with Crippen molar-refractivity contribution in [2.45, 2.75) is 34.1 Å². The third kappa shape index (κ3) is 4.96. The highest BCUT2D eigenvalue weighted by Gasteiger charge is 2.10. The Morgan fingerprint density at radius 1 is 1.43 bits per heavy atom. The van der Waals surface area contributed by atoms with Crippen molar-refractivity contribution in [1.29, 1.82) is 5.26 Å². The highest BCUT2D eigenvalue weighted by atomic mass is 16.1. The molecule has 1 rings (SSSR count). The molecule has 0 saturated carbocycles. The first-order chi connectivity index (χ1) is 9.99. The van der Waals surface area contributed by atoms with Gasteiger partial charge in [0.1, 0.15) is 11.6 Å². The zero-order chi connectivity index (χ0) is 15.8. The summed E-state index contributed by atoms with van der Waals surface area (Å²) in [6.45, 7) is 8.65. The lowest BCUT2D eigenvalue weighted by molar-refractivity contribution is -0.117. The van der Waals surface area contributed by atoms with E-state index in [0.717, 1.165) is 23.2 Å². The van der Waals surface area contributed by atoms with Crippen LogP contribution in [0.5, 0.6) is 0 Å². The zero-order valence-corrected chi connectivity index (χ0v) is 13.2. The maximum Gasteiger partial charge on any atom is 0.263 e. The van der Waals surface area contributed by atoms with E-state index >= 15 is 0 Å². The maximum absolute atomic E-state index is 11.9. The van der Waals surface area contributed by atoms with E-state index in [2.05, 4.69) is 17.6 Å². The molecule has 0 bridgehead atoms. The molecule has 21 heavy (non-hydrogen) atoms. The standard InChI is InChI=1S/C17H23N3O/c1-5-14-8-6-7-13(4)16(14)19-11-15(9-18)17(21)20-10-12(2)3/h6-8,11-12,19H,5,10H2,1-4H3,(H,20,21)/b15-11-. The van der Waals surface area contributed by atoms with Crippen molar-refractivity contribution in [2.24, 2.45) is 5.92 Å². The summed E-state index contributed by atoms with van der Waals surface area (Å²) in [5.74, 6) is 0.00949. The monoisotopic (exact) mass is 285 g/mol. The third-order valence-corrected chi connectivity index (χ3v) is 3.14. The van der Waals surface area contributed by atoms with Crippen LogP contribution in [-0.2, 0) is 11.2 Å². The number of aryl methyl sites for hydroxylation is 2. The Bertz CT molecular complexity index is 568. The van der Waals surface area contributed by atoms with E-state index in [0.29, 0.717) is 12.5 Å². The van der Waals surface area contributed by atoms with Gasteiger partial charge >= 0.3 is 0 Å². The van der Waals surface area contributed by atoms with Gasteiger partial charge in [0.15, 0.2) is 0 Å². The fraction of sp³-hybridized carbons (Fsp3) is 0.412. The Morgan fingerprint density at radius 2 is 2.14 bits per heavy atom. The van der Waals surface area contributed by atoms with Crippen molar-refractivity contribution >= 4 is 11.6 Å². The molecule has 0 spiro atoms. The lowest BCUT2D eigenvalue weighted by Gasteiger charge is -2.12. The molecule has 0 aliphatic rings. The molecule has 0 unspecified atom stereocenters. The largest absolute Gasteiger partial charge is 0.360 e. The number of hydrogen-bond donors (Lipinski definition) is 2. The van der Waals surface area contributed by atoms with Crippen molar-refractivity contribution in [3.05, 3.63) is 41.1 Å². The average molecular weight is 285 g/mol. The zero-order valence-electron chi connectivity index (χ0n) is 13.2. The number of nitriles is 1. The molecule has 0 heterocycles. The van der Waals surface area contributed by atoms with Crippen LogP contribution < -0.4 is 10.6 Å². The molecule has 0 aliphatic carbocycles. The van der Waals surface area contributed by atoms with Gasteiger partial charge in [0, 0.05) is 18.4 Å². The number of hydrogen-bond acceptors (Lipinski definition) is 3. The number of nitrogens with zero attached hydrogens (tertiary/aromatic N) is 1. The van der Waals surface area contributed by atoms with E-state index in [1.807, 2.05) is 45.0 Å². The topological polar surface area (TPSA) is 64.9 Å². The molecule has 4 nitrogen and oxygen atoms in total. The Labute approximate surface area is 126 Å². The summed E-state index contributed by atoms with van der Waals surface area (Å²) in [6.07, 6.45) is 2.37. The summed E-state index contributed by atoms with van der Waals surface area (Å²) < 4.78 is 0. The van der Waals surface area contributed by atoms with Crippen LogP contribution >= 0.6 is 0 Å². The van der Waals surface area contributed by atoms with Gasteiger partial charge in [-0.15, -0.1) is 0 Å². The van der Waals surface area contributed by atoms with E-state index < -0.39 is 0 Å². The van der Waals surface area contributed by atoms with Gasteiger partial charge in [0.2, 0.25) is 0 Å². The lowest BCUT2D eigenvalue weighted by atomic mass is 10.1. The summed E-state index contributed by atoms with van der Waals surface area (Å²) in [5, 5.41) is 15.0. The third-order valence-electron chi connectivity index (χ3n) is 3.14. The first-order valence-electron chi connectivity index (χ1n) is 7.23. The highest BCUT2D eigenvalue weighted by molar-refractivity contribution is 5.97. The summed E-state index contributed by atoms with van der Waals surface area (Å²) in [5.41, 5.74) is 3.29. The predicted octanol–water partition coefficient (Wildman–Crippen LogP) is 3.15. The molecular formula is C17H23N3O. The summed E-state index contributed by atoms with van der Waals surface area (Å²) >= 11 is 0. The molecule has 0 radical (unpaired) electrons. The minimum Gasteiger partial charge on any atom is -0.360 e. The minimum atomic E-state index is -0.342. The molecule has 0 fully saturated rings. The Kier molecular flexibility index (Phi) is 6.48. The van der Waals surface area contributed by atoms with Gasteiger partial charge in [-0.05, 0) is 30.4 Å². The molecule has 4 heteroatoms. The molecule has 1 aromatic carbocycles. The number of rotatable bonds is 6. The van der Waals surface area contributed by atoms with E-state index in [9.17, 15) is 4.79 Å². The highest BCUT2D eigenvalue weighted by Crippen LogP contribution is 2.21. The SMILES string of the molecule is CCc1cccc(C)c1N/C=C(/C#N)C(=O)NCC(C)C. The average Bonchev–Trinajstić information content (AvgIpc) is 2.46. The van der Waals surface area contributed by atoms with Crippen LogP contribution in [0.15, 0.2) is 30.0 Å². The van der Waals surface area contributed by atoms with Crippen LogP contribution in [0, 0.1) is 24.2 Å². The van der Waals surface area contributed by atoms with E-state index in [1.54, 1.807) is 0 Å². The van der Waals surface area contributed by atoms with Crippen molar-refractivity contribution in [1.82, 2.24) is 5.32 Å². The molecule has 1 aromatic rings. The second-order valence-corrected chi connectivity index (χ2v) is 5.38. The molecule has 1 amide bonds. The van der Waals surface area contributed by atoms with Crippen molar-refractivity contribution in [3.63, 3.8) is 0 Å². The van der Waals surface area contributed by atoms with Crippen LogP contribution in [0.4, 0.5) is 5.69 Å². The summed E-state index contributed by atoms with van der Waals surface area (Å²) in [4.78, 5) is 11.9. The fourth-order valence-corrected chi connectivity index (χ4v) is 1.91. The molecular weight excluding hydrogens is 262 g/mol. The molecule has 0 atom stereocenters. The van der Waals surface area contributed by atoms with Crippen LogP contribution in [0.25, 0.3) is 0 Å². The smallest absolute Gasteiger partial charge is 0.263 e. The van der Waals surface area contributed by atoms with Gasteiger partial charge in [-0.25, -0.2) is 0 Å². The number of para-hydroxylation sites is 1. The van der Waals surface area contributed by atoms with Gasteiger partial charge in [0.25, 0.3) is 5.91 Å². The van der Waals surface area contributed by atoms with Gasteiger partial charge in [-0.1, -0.05) is 39.0 Å². The lowest BCUT2D eigenvalue weighted by Crippen LogP contribution is -2.28. The van der Waals surface area contributed by atoms with Gasteiger partial charge < -0.3 is 10.6 Å². The predicted molar refractivity (Wildman–Crippen MR) is 85.7 cm³/mol. The first kappa shape index (κ1) is 16.8.